The van der Waals surface area contributed by atoms with Gasteiger partial charge in [-0.1, -0.05) is 29.8 Å². The van der Waals surface area contributed by atoms with Crippen LogP contribution in [0.5, 0.6) is 0 Å². The van der Waals surface area contributed by atoms with Gasteiger partial charge in [0.2, 0.25) is 5.95 Å². The summed E-state index contributed by atoms with van der Waals surface area (Å²) in [6, 6.07) is 10.4. The Balaban J connectivity index is 1.60. The van der Waals surface area contributed by atoms with Gasteiger partial charge in [-0.25, -0.2) is 4.98 Å². The number of rotatable bonds is 6. The first-order valence-corrected chi connectivity index (χ1v) is 8.19. The molecule has 0 saturated carbocycles. The van der Waals surface area contributed by atoms with Crippen LogP contribution >= 0.6 is 0 Å². The van der Waals surface area contributed by atoms with Gasteiger partial charge >= 0.3 is 0 Å². The zero-order chi connectivity index (χ0) is 16.1. The van der Waals surface area contributed by atoms with E-state index in [0.29, 0.717) is 12.1 Å². The average Bonchev–Trinajstić information content (AvgIpc) is 3.04. The van der Waals surface area contributed by atoms with Crippen LogP contribution in [0.1, 0.15) is 29.7 Å². The fourth-order valence-corrected chi connectivity index (χ4v) is 2.77. The molecule has 0 aliphatic carbocycles. The van der Waals surface area contributed by atoms with Crippen LogP contribution in [-0.2, 0) is 11.3 Å². The molecule has 0 bridgehead atoms. The van der Waals surface area contributed by atoms with Gasteiger partial charge in [-0.3, -0.25) is 0 Å². The number of hydrogen-bond donors (Lipinski definition) is 2. The largest absolute Gasteiger partial charge is 0.376 e. The van der Waals surface area contributed by atoms with E-state index in [1.165, 1.54) is 11.1 Å². The molecular weight excluding hydrogens is 288 g/mol. The highest BCUT2D eigenvalue weighted by Gasteiger charge is 2.15. The Labute approximate surface area is 137 Å². The average molecular weight is 312 g/mol. The summed E-state index contributed by atoms with van der Waals surface area (Å²) in [5.74, 6) is 1.50. The van der Waals surface area contributed by atoms with Gasteiger partial charge in [0.05, 0.1) is 6.10 Å². The minimum atomic E-state index is 0.300. The molecule has 0 radical (unpaired) electrons. The molecule has 1 aliphatic rings. The van der Waals surface area contributed by atoms with Crippen LogP contribution in [0.15, 0.2) is 30.3 Å². The van der Waals surface area contributed by atoms with Gasteiger partial charge in [-0.05, 0) is 32.3 Å². The Bertz CT molecular complexity index is 653. The number of nitrogens with zero attached hydrogens (tertiary/aromatic N) is 2. The summed E-state index contributed by atoms with van der Waals surface area (Å²) in [5.41, 5.74) is 3.43. The lowest BCUT2D eigenvalue weighted by Crippen LogP contribution is -2.19. The predicted molar refractivity (Wildman–Crippen MR) is 92.7 cm³/mol. The molecule has 3 rings (SSSR count). The van der Waals surface area contributed by atoms with Crippen molar-refractivity contribution in [2.75, 3.05) is 23.8 Å². The molecule has 2 N–H and O–H groups in total. The number of benzene rings is 1. The van der Waals surface area contributed by atoms with Crippen LogP contribution in [0.3, 0.4) is 0 Å². The lowest BCUT2D eigenvalue weighted by molar-refractivity contribution is 0.120. The molecule has 1 aromatic carbocycles. The van der Waals surface area contributed by atoms with Gasteiger partial charge in [0.25, 0.3) is 0 Å². The van der Waals surface area contributed by atoms with Crippen LogP contribution in [0.4, 0.5) is 11.8 Å². The van der Waals surface area contributed by atoms with Gasteiger partial charge < -0.3 is 15.4 Å². The van der Waals surface area contributed by atoms with E-state index in [1.807, 2.05) is 13.0 Å². The summed E-state index contributed by atoms with van der Waals surface area (Å²) in [7, 11) is 0. The second-order valence-corrected chi connectivity index (χ2v) is 6.08. The maximum atomic E-state index is 5.63. The van der Waals surface area contributed by atoms with Gasteiger partial charge in [-0.2, -0.15) is 4.98 Å². The molecule has 1 unspecified atom stereocenters. The van der Waals surface area contributed by atoms with Crippen molar-refractivity contribution < 1.29 is 4.74 Å². The van der Waals surface area contributed by atoms with Gasteiger partial charge in [0.15, 0.2) is 0 Å². The predicted octanol–water partition coefficient (Wildman–Crippen LogP) is 3.30. The molecular formula is C18H24N4O. The number of ether oxygens (including phenoxy) is 1. The van der Waals surface area contributed by atoms with Crippen molar-refractivity contribution >= 4 is 11.8 Å². The highest BCUT2D eigenvalue weighted by molar-refractivity contribution is 5.42. The third-order valence-electron chi connectivity index (χ3n) is 3.92. The quantitative estimate of drug-likeness (QED) is 0.857. The number of hydrogen-bond acceptors (Lipinski definition) is 5. The first-order valence-electron chi connectivity index (χ1n) is 8.19. The molecule has 1 aliphatic heterocycles. The molecule has 2 aromatic rings. The summed E-state index contributed by atoms with van der Waals surface area (Å²) < 4.78 is 5.63. The summed E-state index contributed by atoms with van der Waals surface area (Å²) in [5, 5.41) is 6.66. The molecule has 5 heteroatoms. The van der Waals surface area contributed by atoms with Crippen LogP contribution in [0.2, 0.25) is 0 Å². The Morgan fingerprint density at radius 3 is 2.87 bits per heavy atom. The van der Waals surface area contributed by atoms with Crippen LogP contribution < -0.4 is 10.6 Å². The summed E-state index contributed by atoms with van der Waals surface area (Å²) in [6.45, 7) is 6.47. The van der Waals surface area contributed by atoms with E-state index in [-0.39, 0.29) is 0 Å². The van der Waals surface area contributed by atoms with Crippen molar-refractivity contribution in [2.45, 2.75) is 39.3 Å². The molecule has 2 heterocycles. The summed E-state index contributed by atoms with van der Waals surface area (Å²) >= 11 is 0. The third kappa shape index (κ3) is 4.66. The lowest BCUT2D eigenvalue weighted by Gasteiger charge is -2.13. The Morgan fingerprint density at radius 2 is 2.09 bits per heavy atom. The van der Waals surface area contributed by atoms with Crippen LogP contribution in [0.25, 0.3) is 0 Å². The SMILES string of the molecule is Cc1cccc(CNc2nc(C)cc(NCC3CCCO3)n2)c1. The second kappa shape index (κ2) is 7.42. The van der Waals surface area contributed by atoms with E-state index in [0.717, 1.165) is 44.0 Å². The van der Waals surface area contributed by atoms with Gasteiger partial charge in [0.1, 0.15) is 5.82 Å². The molecule has 1 aromatic heterocycles. The van der Waals surface area contributed by atoms with E-state index in [9.17, 15) is 0 Å². The number of nitrogens with one attached hydrogen (secondary N) is 2. The first-order chi connectivity index (χ1) is 11.2. The first kappa shape index (κ1) is 15.7. The molecule has 23 heavy (non-hydrogen) atoms. The van der Waals surface area contributed by atoms with E-state index in [2.05, 4.69) is 51.8 Å². The van der Waals surface area contributed by atoms with Crippen molar-refractivity contribution in [1.82, 2.24) is 9.97 Å². The minimum Gasteiger partial charge on any atom is -0.376 e. The lowest BCUT2D eigenvalue weighted by atomic mass is 10.1. The van der Waals surface area contributed by atoms with E-state index in [4.69, 9.17) is 4.74 Å². The maximum absolute atomic E-state index is 5.63. The fourth-order valence-electron chi connectivity index (χ4n) is 2.77. The Hall–Kier alpha value is -2.14. The smallest absolute Gasteiger partial charge is 0.225 e. The van der Waals surface area contributed by atoms with Crippen molar-refractivity contribution in [3.05, 3.63) is 47.2 Å². The zero-order valence-corrected chi connectivity index (χ0v) is 13.8. The van der Waals surface area contributed by atoms with Crippen LogP contribution in [0, 0.1) is 13.8 Å². The topological polar surface area (TPSA) is 59.1 Å². The van der Waals surface area contributed by atoms with Crippen molar-refractivity contribution in [2.24, 2.45) is 0 Å². The van der Waals surface area contributed by atoms with Gasteiger partial charge in [0, 0.05) is 31.5 Å². The highest BCUT2D eigenvalue weighted by Crippen LogP contribution is 2.15. The zero-order valence-electron chi connectivity index (χ0n) is 13.8. The normalized spacial score (nSPS) is 17.2. The van der Waals surface area contributed by atoms with Crippen LogP contribution in [-0.4, -0.2) is 29.2 Å². The molecule has 5 nitrogen and oxygen atoms in total. The standard InChI is InChI=1S/C18H24N4O/c1-13-5-3-6-15(9-13)11-20-18-21-14(2)10-17(22-18)19-12-16-7-4-8-23-16/h3,5-6,9-10,16H,4,7-8,11-12H2,1-2H3,(H2,19,20,21,22). The molecule has 122 valence electrons. The maximum Gasteiger partial charge on any atom is 0.225 e. The van der Waals surface area contributed by atoms with Crippen molar-refractivity contribution in [3.8, 4) is 0 Å². The molecule has 1 fully saturated rings. The number of aromatic nitrogens is 2. The molecule has 1 atom stereocenters. The van der Waals surface area contributed by atoms with Gasteiger partial charge in [-0.15, -0.1) is 0 Å². The molecule has 0 amide bonds. The number of aryl methyl sites for hydroxylation is 2. The second-order valence-electron chi connectivity index (χ2n) is 6.08. The summed E-state index contributed by atoms with van der Waals surface area (Å²) in [4.78, 5) is 9.00. The Morgan fingerprint density at radius 1 is 1.17 bits per heavy atom. The monoisotopic (exact) mass is 312 g/mol. The van der Waals surface area contributed by atoms with Crippen molar-refractivity contribution in [3.63, 3.8) is 0 Å². The van der Waals surface area contributed by atoms with E-state index in [1.54, 1.807) is 0 Å². The Kier molecular flexibility index (Phi) is 5.08. The van der Waals surface area contributed by atoms with Crippen molar-refractivity contribution in [1.29, 1.82) is 0 Å². The summed E-state index contributed by atoms with van der Waals surface area (Å²) in [6.07, 6.45) is 2.57. The molecule has 0 spiro atoms. The molecule has 1 saturated heterocycles. The highest BCUT2D eigenvalue weighted by atomic mass is 16.5. The third-order valence-corrected chi connectivity index (χ3v) is 3.92. The van der Waals surface area contributed by atoms with E-state index >= 15 is 0 Å². The number of anilines is 2. The minimum absolute atomic E-state index is 0.300. The fraction of sp³-hybridized carbons (Fsp3) is 0.444. The van der Waals surface area contributed by atoms with E-state index < -0.39 is 0 Å².